The number of carbonyl (C=O) groups is 1. The van der Waals surface area contributed by atoms with Gasteiger partial charge in [-0.15, -0.1) is 0 Å². The normalized spacial score (nSPS) is 10.9. The number of hydrogen-bond acceptors (Lipinski definition) is 3. The van der Waals surface area contributed by atoms with Crippen molar-refractivity contribution in [2.75, 3.05) is 5.73 Å². The van der Waals surface area contributed by atoms with E-state index in [4.69, 9.17) is 17.3 Å². The minimum Gasteiger partial charge on any atom is -0.396 e. The van der Waals surface area contributed by atoms with Crippen LogP contribution >= 0.6 is 11.6 Å². The molecule has 1 heterocycles. The number of rotatable bonds is 5. The van der Waals surface area contributed by atoms with Gasteiger partial charge in [-0.3, -0.25) is 9.48 Å². The van der Waals surface area contributed by atoms with Gasteiger partial charge in [0.15, 0.2) is 5.78 Å². The van der Waals surface area contributed by atoms with Crippen LogP contribution in [0.15, 0.2) is 18.2 Å². The summed E-state index contributed by atoms with van der Waals surface area (Å²) in [4.78, 5) is 12.4. The zero-order chi connectivity index (χ0) is 15.6. The second-order valence-electron chi connectivity index (χ2n) is 4.68. The highest BCUT2D eigenvalue weighted by Gasteiger charge is 2.20. The van der Waals surface area contributed by atoms with Crippen molar-refractivity contribution in [3.8, 4) is 0 Å². The summed E-state index contributed by atoms with van der Waals surface area (Å²) >= 11 is 6.27. The zero-order valence-corrected chi connectivity index (χ0v) is 12.7. The number of benzene rings is 1. The number of ketones is 1. The molecule has 1 aromatic heterocycles. The van der Waals surface area contributed by atoms with Gasteiger partial charge in [0.05, 0.1) is 28.5 Å². The maximum atomic E-state index is 13.4. The Balaban J connectivity index is 2.36. The summed E-state index contributed by atoms with van der Waals surface area (Å²) < 4.78 is 15.1. The number of nitrogen functional groups attached to an aromatic ring is 1. The monoisotopic (exact) mass is 309 g/mol. The molecule has 4 nitrogen and oxygen atoms in total. The number of halogens is 2. The molecule has 0 fully saturated rings. The molecule has 0 aliphatic carbocycles. The first-order chi connectivity index (χ1) is 9.99. The van der Waals surface area contributed by atoms with Crippen molar-refractivity contribution in [2.45, 2.75) is 33.2 Å². The number of hydrogen-bond donors (Lipinski definition) is 1. The number of anilines is 1. The van der Waals surface area contributed by atoms with E-state index < -0.39 is 5.82 Å². The molecule has 2 aromatic rings. The Hall–Kier alpha value is -1.88. The summed E-state index contributed by atoms with van der Waals surface area (Å²) in [7, 11) is 0. The molecular formula is C15H17ClFN3O. The molecule has 0 saturated heterocycles. The van der Waals surface area contributed by atoms with Crippen LogP contribution < -0.4 is 5.73 Å². The Labute approximate surface area is 127 Å². The summed E-state index contributed by atoms with van der Waals surface area (Å²) in [5.74, 6) is -0.864. The van der Waals surface area contributed by atoms with Crippen molar-refractivity contribution in [2.24, 2.45) is 0 Å². The largest absolute Gasteiger partial charge is 0.396 e. The maximum Gasteiger partial charge on any atom is 0.171 e. The third-order valence-electron chi connectivity index (χ3n) is 3.38. The highest BCUT2D eigenvalue weighted by Crippen LogP contribution is 2.24. The van der Waals surface area contributed by atoms with Crippen LogP contribution in [0.25, 0.3) is 0 Å². The fraction of sp³-hybridized carbons (Fsp3) is 0.333. The third kappa shape index (κ3) is 2.93. The lowest BCUT2D eigenvalue weighted by atomic mass is 10.0. The van der Waals surface area contributed by atoms with Crippen molar-refractivity contribution >= 4 is 23.1 Å². The third-order valence-corrected chi connectivity index (χ3v) is 3.81. The molecular weight excluding hydrogens is 293 g/mol. The Kier molecular flexibility index (Phi) is 4.63. The lowest BCUT2D eigenvalue weighted by molar-refractivity contribution is 0.0991. The number of nitrogens with zero attached hydrogens (tertiary/aromatic N) is 2. The topological polar surface area (TPSA) is 60.9 Å². The van der Waals surface area contributed by atoms with Gasteiger partial charge >= 0.3 is 0 Å². The van der Waals surface area contributed by atoms with Gasteiger partial charge in [-0.2, -0.15) is 5.10 Å². The van der Waals surface area contributed by atoms with E-state index in [9.17, 15) is 9.18 Å². The summed E-state index contributed by atoms with van der Waals surface area (Å²) in [5.41, 5.74) is 7.07. The second kappa shape index (κ2) is 6.26. The predicted octanol–water partition coefficient (Wildman–Crippen LogP) is 3.27. The number of nitrogens with two attached hydrogens (primary N) is 1. The number of aryl methyl sites for hydroxylation is 2. The molecule has 0 radical (unpaired) electrons. The summed E-state index contributed by atoms with van der Waals surface area (Å²) in [6.45, 7) is 4.48. The van der Waals surface area contributed by atoms with Gasteiger partial charge in [-0.1, -0.05) is 24.6 Å². The molecule has 0 atom stereocenters. The molecule has 0 saturated carbocycles. The smallest absolute Gasteiger partial charge is 0.171 e. The van der Waals surface area contributed by atoms with Gasteiger partial charge in [-0.25, -0.2) is 4.39 Å². The van der Waals surface area contributed by atoms with Gasteiger partial charge in [0.2, 0.25) is 0 Å². The fourth-order valence-electron chi connectivity index (χ4n) is 2.21. The Bertz CT molecular complexity index is 682. The van der Waals surface area contributed by atoms with Gasteiger partial charge in [0.1, 0.15) is 5.82 Å². The molecule has 0 bridgehead atoms. The molecule has 2 rings (SSSR count). The molecule has 0 aliphatic rings. The number of Topliss-reactive ketones (excluding diaryl/α,β-unsaturated/α-hetero) is 1. The van der Waals surface area contributed by atoms with Crippen LogP contribution in [0.1, 0.15) is 35.6 Å². The molecule has 0 spiro atoms. The molecule has 2 N–H and O–H groups in total. The van der Waals surface area contributed by atoms with E-state index in [1.807, 2.05) is 13.8 Å². The first-order valence-corrected chi connectivity index (χ1v) is 7.18. The average molecular weight is 310 g/mol. The van der Waals surface area contributed by atoms with E-state index in [0.29, 0.717) is 23.7 Å². The molecule has 0 unspecified atom stereocenters. The first-order valence-electron chi connectivity index (χ1n) is 6.80. The summed E-state index contributed by atoms with van der Waals surface area (Å²) in [6.07, 6.45) is 0.739. The Morgan fingerprint density at radius 1 is 1.43 bits per heavy atom. The number of carbonyl (C=O) groups excluding carboxylic acids is 1. The predicted molar refractivity (Wildman–Crippen MR) is 81.1 cm³/mol. The first kappa shape index (κ1) is 15.5. The zero-order valence-electron chi connectivity index (χ0n) is 12.0. The molecule has 0 amide bonds. The lowest BCUT2D eigenvalue weighted by Gasteiger charge is -2.07. The van der Waals surface area contributed by atoms with Crippen molar-refractivity contribution in [3.05, 3.63) is 46.0 Å². The van der Waals surface area contributed by atoms with Crippen molar-refractivity contribution in [1.29, 1.82) is 0 Å². The van der Waals surface area contributed by atoms with Crippen LogP contribution in [0.3, 0.4) is 0 Å². The minimum absolute atomic E-state index is 0.0489. The Morgan fingerprint density at radius 3 is 2.76 bits per heavy atom. The van der Waals surface area contributed by atoms with Crippen molar-refractivity contribution in [1.82, 2.24) is 9.78 Å². The molecule has 112 valence electrons. The number of para-hydroxylation sites is 1. The van der Waals surface area contributed by atoms with Crippen molar-refractivity contribution in [3.63, 3.8) is 0 Å². The quantitative estimate of drug-likeness (QED) is 0.681. The van der Waals surface area contributed by atoms with E-state index in [1.165, 1.54) is 18.2 Å². The minimum atomic E-state index is -0.592. The van der Waals surface area contributed by atoms with Gasteiger partial charge in [0, 0.05) is 12.1 Å². The van der Waals surface area contributed by atoms with E-state index in [-0.39, 0.29) is 23.5 Å². The van der Waals surface area contributed by atoms with Crippen LogP contribution in [-0.4, -0.2) is 15.6 Å². The second-order valence-corrected chi connectivity index (χ2v) is 5.06. The number of aromatic nitrogens is 2. The lowest BCUT2D eigenvalue weighted by Crippen LogP contribution is -2.12. The highest BCUT2D eigenvalue weighted by atomic mass is 35.5. The molecule has 21 heavy (non-hydrogen) atoms. The average Bonchev–Trinajstić information content (AvgIpc) is 2.78. The van der Waals surface area contributed by atoms with Crippen molar-refractivity contribution < 1.29 is 9.18 Å². The van der Waals surface area contributed by atoms with E-state index >= 15 is 0 Å². The van der Waals surface area contributed by atoms with E-state index in [2.05, 4.69) is 5.10 Å². The van der Waals surface area contributed by atoms with Crippen LogP contribution in [0.2, 0.25) is 5.02 Å². The van der Waals surface area contributed by atoms with E-state index in [1.54, 1.807) is 4.68 Å². The van der Waals surface area contributed by atoms with Gasteiger partial charge in [0.25, 0.3) is 0 Å². The molecule has 6 heteroatoms. The highest BCUT2D eigenvalue weighted by molar-refractivity contribution is 6.32. The van der Waals surface area contributed by atoms with Gasteiger partial charge < -0.3 is 5.73 Å². The van der Waals surface area contributed by atoms with Crippen LogP contribution in [-0.2, 0) is 19.4 Å². The van der Waals surface area contributed by atoms with Crippen LogP contribution in [0.5, 0.6) is 0 Å². The standard InChI is InChI=1S/C15H17ClFN3O/c1-3-11-14(16)12(20(4-2)19-11)8-13(21)9-6-5-7-10(17)15(9)18/h5-7H,3-4,8,18H2,1-2H3. The molecule has 1 aromatic carbocycles. The van der Waals surface area contributed by atoms with E-state index in [0.717, 1.165) is 5.69 Å². The van der Waals surface area contributed by atoms with Crippen LogP contribution in [0.4, 0.5) is 10.1 Å². The summed E-state index contributed by atoms with van der Waals surface area (Å²) in [5, 5.41) is 4.86. The SMILES string of the molecule is CCc1nn(CC)c(CC(=O)c2cccc(F)c2N)c1Cl. The van der Waals surface area contributed by atoms with Gasteiger partial charge in [-0.05, 0) is 25.5 Å². The fourth-order valence-corrected chi connectivity index (χ4v) is 2.55. The summed E-state index contributed by atoms with van der Waals surface area (Å²) in [6, 6.07) is 4.21. The molecule has 0 aliphatic heterocycles. The Morgan fingerprint density at radius 2 is 2.14 bits per heavy atom. The maximum absolute atomic E-state index is 13.4. The van der Waals surface area contributed by atoms with Crippen LogP contribution in [0, 0.1) is 5.82 Å².